The van der Waals surface area contributed by atoms with Crippen LogP contribution in [0.5, 0.6) is 11.5 Å². The topological polar surface area (TPSA) is 76.6 Å². The van der Waals surface area contributed by atoms with E-state index < -0.39 is 5.82 Å². The molecule has 2 aliphatic rings. The van der Waals surface area contributed by atoms with Crippen molar-refractivity contribution >= 4 is 51.5 Å². The number of aromatic nitrogens is 2. The number of likely N-dealkylation sites (tertiary alicyclic amines) is 1. The summed E-state index contributed by atoms with van der Waals surface area (Å²) in [4.78, 5) is 22.2. The number of nitrogens with zero attached hydrogens (tertiary/aromatic N) is 3. The number of hydrogen-bond donors (Lipinski definition) is 1. The van der Waals surface area contributed by atoms with Crippen molar-refractivity contribution in [3.8, 4) is 11.5 Å². The first-order valence-electron chi connectivity index (χ1n) is 10.5. The Morgan fingerprint density at radius 1 is 1.18 bits per heavy atom. The molecule has 7 nitrogen and oxygen atoms in total. The van der Waals surface area contributed by atoms with Crippen LogP contribution >= 0.6 is 23.2 Å². The van der Waals surface area contributed by atoms with E-state index in [9.17, 15) is 9.18 Å². The molecule has 3 aromatic rings. The van der Waals surface area contributed by atoms with Crippen LogP contribution in [0, 0.1) is 17.7 Å². The van der Waals surface area contributed by atoms with Gasteiger partial charge in [0.15, 0.2) is 17.3 Å². The van der Waals surface area contributed by atoms with E-state index in [4.69, 9.17) is 32.7 Å². The Kier molecular flexibility index (Phi) is 5.66. The van der Waals surface area contributed by atoms with Crippen molar-refractivity contribution in [1.82, 2.24) is 14.9 Å². The van der Waals surface area contributed by atoms with Gasteiger partial charge >= 0.3 is 0 Å². The van der Waals surface area contributed by atoms with Crippen molar-refractivity contribution in [2.75, 3.05) is 25.5 Å². The molecule has 0 spiro atoms. The number of rotatable bonds is 5. The fourth-order valence-electron chi connectivity index (χ4n) is 4.61. The first kappa shape index (κ1) is 22.0. The molecule has 1 N–H and O–H groups in total. The molecule has 3 atom stereocenters. The molecular formula is C23H21Cl2FN4O3. The summed E-state index contributed by atoms with van der Waals surface area (Å²) in [5.74, 6) is 1.47. The minimum atomic E-state index is -0.668. The summed E-state index contributed by atoms with van der Waals surface area (Å²) >= 11 is 11.8. The highest BCUT2D eigenvalue weighted by molar-refractivity contribution is 6.42. The molecule has 1 aliphatic heterocycles. The van der Waals surface area contributed by atoms with Crippen molar-refractivity contribution in [1.29, 1.82) is 0 Å². The molecule has 1 amide bonds. The van der Waals surface area contributed by atoms with Crippen LogP contribution in [0.2, 0.25) is 10.0 Å². The molecule has 2 fully saturated rings. The Labute approximate surface area is 199 Å². The summed E-state index contributed by atoms with van der Waals surface area (Å²) in [5.41, 5.74) is 0.745. The predicted octanol–water partition coefficient (Wildman–Crippen LogP) is 5.07. The minimum Gasteiger partial charge on any atom is -0.493 e. The molecule has 1 saturated carbocycles. The average Bonchev–Trinajstić information content (AvgIpc) is 2.82. The monoisotopic (exact) mass is 490 g/mol. The van der Waals surface area contributed by atoms with Gasteiger partial charge < -0.3 is 19.7 Å². The van der Waals surface area contributed by atoms with Gasteiger partial charge in [0.2, 0.25) is 5.91 Å². The number of piperidine rings is 2. The van der Waals surface area contributed by atoms with Gasteiger partial charge in [-0.2, -0.15) is 0 Å². The molecule has 1 unspecified atom stereocenters. The van der Waals surface area contributed by atoms with E-state index in [1.807, 2.05) is 4.90 Å². The first-order valence-corrected chi connectivity index (χ1v) is 11.3. The van der Waals surface area contributed by atoms with Crippen LogP contribution in [0.15, 0.2) is 30.6 Å². The Balaban J connectivity index is 1.47. The Morgan fingerprint density at radius 2 is 1.94 bits per heavy atom. The van der Waals surface area contributed by atoms with E-state index in [1.54, 1.807) is 26.2 Å². The second-order valence-corrected chi connectivity index (χ2v) is 9.14. The van der Waals surface area contributed by atoms with Gasteiger partial charge in [-0.25, -0.2) is 14.4 Å². The van der Waals surface area contributed by atoms with Crippen molar-refractivity contribution in [2.24, 2.45) is 11.8 Å². The molecule has 1 aromatic heterocycles. The molecule has 1 saturated heterocycles. The van der Waals surface area contributed by atoms with Crippen molar-refractivity contribution in [3.05, 3.63) is 46.5 Å². The lowest BCUT2D eigenvalue weighted by atomic mass is 9.68. The van der Waals surface area contributed by atoms with Crippen LogP contribution in [-0.2, 0) is 4.79 Å². The third-order valence-electron chi connectivity index (χ3n) is 6.36. The smallest absolute Gasteiger partial charge is 0.219 e. The zero-order chi connectivity index (χ0) is 23.3. The highest BCUT2D eigenvalue weighted by Gasteiger charge is 2.49. The summed E-state index contributed by atoms with van der Waals surface area (Å²) in [5, 5.41) is 3.57. The molecule has 33 heavy (non-hydrogen) atoms. The molecule has 1 aliphatic carbocycles. The van der Waals surface area contributed by atoms with Gasteiger partial charge in [0.05, 0.1) is 28.4 Å². The van der Waals surface area contributed by atoms with E-state index in [-0.39, 0.29) is 39.6 Å². The molecule has 2 aromatic carbocycles. The number of halogens is 3. The highest BCUT2D eigenvalue weighted by Crippen LogP contribution is 2.45. The normalized spacial score (nSPS) is 21.5. The number of amides is 1. The van der Waals surface area contributed by atoms with Crippen LogP contribution in [0.4, 0.5) is 15.9 Å². The summed E-state index contributed by atoms with van der Waals surface area (Å²) < 4.78 is 26.5. The van der Waals surface area contributed by atoms with Gasteiger partial charge in [-0.05, 0) is 24.6 Å². The van der Waals surface area contributed by atoms with E-state index >= 15 is 0 Å². The fourth-order valence-corrected chi connectivity index (χ4v) is 4.92. The van der Waals surface area contributed by atoms with Gasteiger partial charge in [-0.15, -0.1) is 0 Å². The third-order valence-corrected chi connectivity index (χ3v) is 7.14. The predicted molar refractivity (Wildman–Crippen MR) is 124 cm³/mol. The maximum atomic E-state index is 14.6. The molecular weight excluding hydrogens is 470 g/mol. The first-order chi connectivity index (χ1) is 15.9. The zero-order valence-corrected chi connectivity index (χ0v) is 19.5. The van der Waals surface area contributed by atoms with E-state index in [1.165, 1.54) is 18.5 Å². The highest BCUT2D eigenvalue weighted by atomic mass is 35.5. The maximum Gasteiger partial charge on any atom is 0.219 e. The number of methoxy groups -OCH3 is 1. The summed E-state index contributed by atoms with van der Waals surface area (Å²) in [7, 11) is 1.57. The molecule has 5 rings (SSSR count). The van der Waals surface area contributed by atoms with E-state index in [0.29, 0.717) is 41.3 Å². The number of ether oxygens (including phenoxy) is 2. The standard InChI is InChI=1S/C23H21Cl2FN4O3/c1-11(31)30-8-12-5-13(9-30)22(12)33-19-6-14-17(7-18(19)32-2)27-10-28-23(14)29-16-4-3-15(24)20(25)21(16)26/h3-4,6-7,10,12-13,22H,5,8-9H2,1-2H3,(H,27,28,29)/t12-,13+,22?. The number of carbonyl (C=O) groups excluding carboxylic acids is 1. The Morgan fingerprint density at radius 3 is 2.64 bits per heavy atom. The third kappa shape index (κ3) is 3.91. The number of benzene rings is 2. The lowest BCUT2D eigenvalue weighted by Crippen LogP contribution is -2.61. The number of hydrogen-bond acceptors (Lipinski definition) is 6. The van der Waals surface area contributed by atoms with Gasteiger partial charge in [-0.3, -0.25) is 4.79 Å². The van der Waals surface area contributed by atoms with Crippen molar-refractivity contribution in [2.45, 2.75) is 19.4 Å². The second kappa shape index (κ2) is 8.50. The number of anilines is 2. The van der Waals surface area contributed by atoms with Crippen LogP contribution < -0.4 is 14.8 Å². The van der Waals surface area contributed by atoms with Crippen LogP contribution in [-0.4, -0.2) is 47.1 Å². The van der Waals surface area contributed by atoms with Gasteiger partial charge in [0.25, 0.3) is 0 Å². The second-order valence-electron chi connectivity index (χ2n) is 8.35. The molecule has 0 radical (unpaired) electrons. The SMILES string of the molecule is COc1cc2ncnc(Nc3ccc(Cl)c(Cl)c3F)c2cc1OC1[C@@H]2C[C@H]1CN(C(C)=O)C2. The van der Waals surface area contributed by atoms with Crippen molar-refractivity contribution < 1.29 is 18.7 Å². The Bertz CT molecular complexity index is 1250. The van der Waals surface area contributed by atoms with E-state index in [2.05, 4.69) is 15.3 Å². The number of nitrogens with one attached hydrogen (secondary N) is 1. The largest absolute Gasteiger partial charge is 0.493 e. The Hall–Kier alpha value is -2.84. The lowest BCUT2D eigenvalue weighted by molar-refractivity contribution is -0.145. The fraction of sp³-hybridized carbons (Fsp3) is 0.348. The summed E-state index contributed by atoms with van der Waals surface area (Å²) in [6, 6.07) is 6.56. The van der Waals surface area contributed by atoms with Gasteiger partial charge in [0, 0.05) is 43.3 Å². The summed E-state index contributed by atoms with van der Waals surface area (Å²) in [6.07, 6.45) is 2.42. The number of fused-ring (bicyclic) bond motifs is 3. The maximum absolute atomic E-state index is 14.6. The quantitative estimate of drug-likeness (QED) is 0.502. The molecule has 2 heterocycles. The molecule has 172 valence electrons. The molecule has 2 bridgehead atoms. The van der Waals surface area contributed by atoms with Crippen LogP contribution in [0.3, 0.4) is 0 Å². The average molecular weight is 491 g/mol. The minimum absolute atomic E-state index is 0.000469. The lowest BCUT2D eigenvalue weighted by Gasteiger charge is -2.52. The zero-order valence-electron chi connectivity index (χ0n) is 17.9. The van der Waals surface area contributed by atoms with Crippen LogP contribution in [0.25, 0.3) is 10.9 Å². The number of carbonyl (C=O) groups is 1. The van der Waals surface area contributed by atoms with Crippen molar-refractivity contribution in [3.63, 3.8) is 0 Å². The molecule has 10 heteroatoms. The van der Waals surface area contributed by atoms with Crippen LogP contribution in [0.1, 0.15) is 13.3 Å². The van der Waals surface area contributed by atoms with E-state index in [0.717, 1.165) is 6.42 Å². The summed E-state index contributed by atoms with van der Waals surface area (Å²) in [6.45, 7) is 2.98. The van der Waals surface area contributed by atoms with Gasteiger partial charge in [-0.1, -0.05) is 23.2 Å². The van der Waals surface area contributed by atoms with Gasteiger partial charge in [0.1, 0.15) is 18.2 Å².